The van der Waals surface area contributed by atoms with Crippen molar-refractivity contribution in [1.82, 2.24) is 10.3 Å². The fourth-order valence-electron chi connectivity index (χ4n) is 1.82. The average molecular weight is 270 g/mol. The van der Waals surface area contributed by atoms with Crippen molar-refractivity contribution in [2.75, 3.05) is 6.61 Å². The topological polar surface area (TPSA) is 62.2 Å². The summed E-state index contributed by atoms with van der Waals surface area (Å²) in [5, 5.41) is 13.0. The molecule has 0 aliphatic heterocycles. The van der Waals surface area contributed by atoms with Crippen LogP contribution in [0.1, 0.15) is 47.6 Å². The molecule has 0 bridgehead atoms. The van der Waals surface area contributed by atoms with Crippen molar-refractivity contribution < 1.29 is 9.90 Å². The molecule has 1 rings (SSSR count). The third kappa shape index (κ3) is 3.78. The number of amides is 1. The molecule has 1 unspecified atom stereocenters. The van der Waals surface area contributed by atoms with Gasteiger partial charge < -0.3 is 10.4 Å². The van der Waals surface area contributed by atoms with Gasteiger partial charge in [-0.1, -0.05) is 20.8 Å². The molecule has 1 amide bonds. The number of carbonyl (C=O) groups excluding carboxylic acids is 1. The number of carbonyl (C=O) groups is 1. The van der Waals surface area contributed by atoms with Gasteiger partial charge in [0.15, 0.2) is 0 Å². The molecular formula is C13H22N2O2S. The zero-order valence-electron chi connectivity index (χ0n) is 11.7. The van der Waals surface area contributed by atoms with Crippen LogP contribution in [-0.2, 0) is 0 Å². The van der Waals surface area contributed by atoms with Crippen LogP contribution in [0.4, 0.5) is 0 Å². The Bertz CT molecular complexity index is 421. The van der Waals surface area contributed by atoms with Crippen molar-refractivity contribution in [3.8, 4) is 0 Å². The summed E-state index contributed by atoms with van der Waals surface area (Å²) >= 11 is 1.41. The molecule has 0 saturated heterocycles. The van der Waals surface area contributed by atoms with Gasteiger partial charge in [-0.05, 0) is 25.7 Å². The van der Waals surface area contributed by atoms with Crippen LogP contribution in [0.5, 0.6) is 0 Å². The summed E-state index contributed by atoms with van der Waals surface area (Å²) in [4.78, 5) is 17.1. The summed E-state index contributed by atoms with van der Waals surface area (Å²) in [5.74, 6) is -0.0912. The minimum Gasteiger partial charge on any atom is -0.396 e. The smallest absolute Gasteiger partial charge is 0.263 e. The normalized spacial score (nSPS) is 13.4. The fourth-order valence-corrected chi connectivity index (χ4v) is 2.64. The second-order valence-electron chi connectivity index (χ2n) is 5.55. The molecule has 0 radical (unpaired) electrons. The van der Waals surface area contributed by atoms with Gasteiger partial charge >= 0.3 is 0 Å². The van der Waals surface area contributed by atoms with Crippen LogP contribution in [0.15, 0.2) is 0 Å². The lowest BCUT2D eigenvalue weighted by molar-refractivity contribution is 0.0888. The zero-order chi connectivity index (χ0) is 13.9. The summed E-state index contributed by atoms with van der Waals surface area (Å²) in [6.07, 6.45) is 0.562. The molecule has 0 aliphatic rings. The zero-order valence-corrected chi connectivity index (χ0v) is 12.5. The Labute approximate surface area is 112 Å². The lowest BCUT2D eigenvalue weighted by Crippen LogP contribution is -2.44. The lowest BCUT2D eigenvalue weighted by Gasteiger charge is -2.31. The maximum Gasteiger partial charge on any atom is 0.263 e. The molecule has 1 aromatic heterocycles. The molecule has 0 aliphatic carbocycles. The van der Waals surface area contributed by atoms with E-state index in [0.717, 1.165) is 10.7 Å². The predicted molar refractivity (Wildman–Crippen MR) is 74.0 cm³/mol. The standard InChI is InChI=1S/C13H22N2O2S/c1-8-11(18-9(2)14-8)12(17)15-10(6-7-16)13(3,4)5/h10,16H,6-7H2,1-5H3,(H,15,17). The Hall–Kier alpha value is -0.940. The van der Waals surface area contributed by atoms with Gasteiger partial charge in [0.2, 0.25) is 0 Å². The summed E-state index contributed by atoms with van der Waals surface area (Å²) in [5.41, 5.74) is 0.693. The highest BCUT2D eigenvalue weighted by Crippen LogP contribution is 2.23. The molecule has 18 heavy (non-hydrogen) atoms. The molecule has 0 saturated carbocycles. The van der Waals surface area contributed by atoms with E-state index in [-0.39, 0.29) is 24.0 Å². The van der Waals surface area contributed by atoms with Crippen LogP contribution in [-0.4, -0.2) is 28.6 Å². The Balaban J connectivity index is 2.82. The van der Waals surface area contributed by atoms with E-state index in [4.69, 9.17) is 5.11 Å². The molecule has 0 spiro atoms. The summed E-state index contributed by atoms with van der Waals surface area (Å²) < 4.78 is 0. The van der Waals surface area contributed by atoms with Crippen molar-refractivity contribution >= 4 is 17.2 Å². The van der Waals surface area contributed by atoms with Crippen LogP contribution in [0.3, 0.4) is 0 Å². The maximum absolute atomic E-state index is 12.2. The van der Waals surface area contributed by atoms with Gasteiger partial charge in [-0.2, -0.15) is 0 Å². The molecule has 1 atom stereocenters. The van der Waals surface area contributed by atoms with Crippen molar-refractivity contribution in [1.29, 1.82) is 0 Å². The number of hydrogen-bond donors (Lipinski definition) is 2. The lowest BCUT2D eigenvalue weighted by atomic mass is 9.85. The molecule has 1 heterocycles. The van der Waals surface area contributed by atoms with Gasteiger partial charge in [0.05, 0.1) is 10.7 Å². The van der Waals surface area contributed by atoms with Crippen molar-refractivity contribution in [2.45, 2.75) is 47.1 Å². The van der Waals surface area contributed by atoms with Gasteiger partial charge in [0.25, 0.3) is 5.91 Å². The third-order valence-electron chi connectivity index (χ3n) is 2.88. The number of hydrogen-bond acceptors (Lipinski definition) is 4. The van der Waals surface area contributed by atoms with E-state index in [2.05, 4.69) is 31.1 Å². The third-order valence-corrected chi connectivity index (χ3v) is 3.95. The van der Waals surface area contributed by atoms with E-state index in [1.807, 2.05) is 13.8 Å². The van der Waals surface area contributed by atoms with E-state index in [9.17, 15) is 4.79 Å². The van der Waals surface area contributed by atoms with Crippen LogP contribution < -0.4 is 5.32 Å². The summed E-state index contributed by atoms with van der Waals surface area (Å²) in [6, 6.07) is -0.0446. The molecule has 2 N–H and O–H groups in total. The second-order valence-corrected chi connectivity index (χ2v) is 6.75. The Morgan fingerprint density at radius 3 is 2.44 bits per heavy atom. The van der Waals surface area contributed by atoms with Gasteiger partial charge in [-0.3, -0.25) is 4.79 Å². The van der Waals surface area contributed by atoms with E-state index in [1.54, 1.807) is 0 Å². The quantitative estimate of drug-likeness (QED) is 0.882. The highest BCUT2D eigenvalue weighted by molar-refractivity contribution is 7.13. The summed E-state index contributed by atoms with van der Waals surface area (Å²) in [6.45, 7) is 9.97. The number of nitrogens with zero attached hydrogens (tertiary/aromatic N) is 1. The van der Waals surface area contributed by atoms with Crippen molar-refractivity contribution in [2.24, 2.45) is 5.41 Å². The monoisotopic (exact) mass is 270 g/mol. The van der Waals surface area contributed by atoms with Gasteiger partial charge in [-0.15, -0.1) is 11.3 Å². The number of rotatable bonds is 4. The van der Waals surface area contributed by atoms with E-state index >= 15 is 0 Å². The van der Waals surface area contributed by atoms with Crippen LogP contribution in [0.2, 0.25) is 0 Å². The predicted octanol–water partition coefficient (Wildman–Crippen LogP) is 2.29. The largest absolute Gasteiger partial charge is 0.396 e. The molecule has 102 valence electrons. The minimum atomic E-state index is -0.0912. The number of aromatic nitrogens is 1. The first-order valence-corrected chi connectivity index (χ1v) is 6.93. The Morgan fingerprint density at radius 2 is 2.06 bits per heavy atom. The van der Waals surface area contributed by atoms with E-state index in [0.29, 0.717) is 11.3 Å². The average Bonchev–Trinajstić information content (AvgIpc) is 2.55. The first-order valence-electron chi connectivity index (χ1n) is 6.11. The molecule has 0 aromatic carbocycles. The Morgan fingerprint density at radius 1 is 1.44 bits per heavy atom. The van der Waals surface area contributed by atoms with Crippen LogP contribution in [0, 0.1) is 19.3 Å². The van der Waals surface area contributed by atoms with Crippen LogP contribution in [0.25, 0.3) is 0 Å². The number of thiazole rings is 1. The highest BCUT2D eigenvalue weighted by atomic mass is 32.1. The van der Waals surface area contributed by atoms with Gasteiger partial charge in [0, 0.05) is 12.6 Å². The Kier molecular flexibility index (Phi) is 4.87. The second kappa shape index (κ2) is 5.80. The number of aliphatic hydroxyl groups excluding tert-OH is 1. The molecule has 4 nitrogen and oxygen atoms in total. The first-order chi connectivity index (χ1) is 8.25. The molecule has 5 heteroatoms. The molecular weight excluding hydrogens is 248 g/mol. The SMILES string of the molecule is Cc1nc(C)c(C(=O)NC(CCO)C(C)(C)C)s1. The fraction of sp³-hybridized carbons (Fsp3) is 0.692. The first kappa shape index (κ1) is 15.1. The van der Waals surface area contributed by atoms with Gasteiger partial charge in [-0.25, -0.2) is 4.98 Å². The summed E-state index contributed by atoms with van der Waals surface area (Å²) in [7, 11) is 0. The van der Waals surface area contributed by atoms with Crippen LogP contribution >= 0.6 is 11.3 Å². The van der Waals surface area contributed by atoms with E-state index in [1.165, 1.54) is 11.3 Å². The van der Waals surface area contributed by atoms with Gasteiger partial charge in [0.1, 0.15) is 4.88 Å². The van der Waals surface area contributed by atoms with E-state index < -0.39 is 0 Å². The molecule has 1 aromatic rings. The molecule has 0 fully saturated rings. The maximum atomic E-state index is 12.2. The highest BCUT2D eigenvalue weighted by Gasteiger charge is 2.27. The van der Waals surface area contributed by atoms with Crippen molar-refractivity contribution in [3.05, 3.63) is 15.6 Å². The number of nitrogens with one attached hydrogen (secondary N) is 1. The number of aryl methyl sites for hydroxylation is 2. The minimum absolute atomic E-state index is 0.0446. The number of aliphatic hydroxyl groups is 1. The van der Waals surface area contributed by atoms with Crippen molar-refractivity contribution in [3.63, 3.8) is 0 Å².